The van der Waals surface area contributed by atoms with Crippen LogP contribution in [0.5, 0.6) is 0 Å². The van der Waals surface area contributed by atoms with Crippen LogP contribution in [0.4, 0.5) is 0 Å². The largest absolute Gasteiger partial charge is 0.478 e. The Morgan fingerprint density at radius 1 is 1.21 bits per heavy atom. The van der Waals surface area contributed by atoms with E-state index in [0.717, 1.165) is 10.2 Å². The van der Waals surface area contributed by atoms with E-state index in [4.69, 9.17) is 5.11 Å². The van der Waals surface area contributed by atoms with Gasteiger partial charge in [0, 0.05) is 13.6 Å². The minimum atomic E-state index is -0.978. The molecule has 0 saturated heterocycles. The number of carbonyl (C=O) groups excluding carboxylic acids is 1. The highest BCUT2D eigenvalue weighted by Crippen LogP contribution is 2.07. The Kier molecular flexibility index (Phi) is 5.13. The van der Waals surface area contributed by atoms with E-state index in [1.54, 1.807) is 26.0 Å². The lowest BCUT2D eigenvalue weighted by Crippen LogP contribution is -2.35. The van der Waals surface area contributed by atoms with Crippen LogP contribution in [0.2, 0.25) is 0 Å². The van der Waals surface area contributed by atoms with E-state index in [0.29, 0.717) is 24.2 Å². The van der Waals surface area contributed by atoms with E-state index >= 15 is 0 Å². The van der Waals surface area contributed by atoms with Crippen LogP contribution >= 0.6 is 0 Å². The summed E-state index contributed by atoms with van der Waals surface area (Å²) in [6.07, 6.45) is 0.537. The van der Waals surface area contributed by atoms with Gasteiger partial charge in [-0.25, -0.2) is 9.48 Å². The summed E-state index contributed by atoms with van der Waals surface area (Å²) < 4.78 is 1.15. The molecule has 0 aliphatic heterocycles. The van der Waals surface area contributed by atoms with Crippen molar-refractivity contribution in [1.82, 2.24) is 15.1 Å². The van der Waals surface area contributed by atoms with Crippen molar-refractivity contribution in [1.29, 1.82) is 0 Å². The van der Waals surface area contributed by atoms with Gasteiger partial charge in [-0.2, -0.15) is 5.10 Å². The molecule has 24 heavy (non-hydrogen) atoms. The zero-order chi connectivity index (χ0) is 17.9. The Balaban J connectivity index is 2.04. The fourth-order valence-electron chi connectivity index (χ4n) is 2.34. The van der Waals surface area contributed by atoms with Crippen molar-refractivity contribution >= 4 is 11.9 Å². The third kappa shape index (κ3) is 3.68. The first-order valence-electron chi connectivity index (χ1n) is 7.46. The maximum atomic E-state index is 12.3. The van der Waals surface area contributed by atoms with Crippen LogP contribution in [0, 0.1) is 13.8 Å². The summed E-state index contributed by atoms with van der Waals surface area (Å²) >= 11 is 0. The molecule has 0 fully saturated rings. The van der Waals surface area contributed by atoms with E-state index in [1.807, 2.05) is 0 Å². The highest BCUT2D eigenvalue weighted by Gasteiger charge is 2.17. The number of carbonyl (C=O) groups is 2. The molecule has 1 amide bonds. The topological polar surface area (TPSA) is 101 Å². The molecule has 1 aromatic carbocycles. The smallest absolute Gasteiger partial charge is 0.335 e. The minimum absolute atomic E-state index is 0.103. The van der Waals surface area contributed by atoms with Crippen LogP contribution in [0.25, 0.3) is 0 Å². The van der Waals surface area contributed by atoms with Gasteiger partial charge in [0.05, 0.1) is 11.3 Å². The summed E-state index contributed by atoms with van der Waals surface area (Å²) in [7, 11) is 1.51. The van der Waals surface area contributed by atoms with Crippen LogP contribution in [0.3, 0.4) is 0 Å². The molecule has 0 aliphatic carbocycles. The second-order valence-electron chi connectivity index (χ2n) is 5.52. The van der Waals surface area contributed by atoms with Gasteiger partial charge in [0.25, 0.3) is 11.5 Å². The van der Waals surface area contributed by atoms with Gasteiger partial charge in [0.1, 0.15) is 5.56 Å². The molecule has 0 aliphatic rings. The van der Waals surface area contributed by atoms with Crippen molar-refractivity contribution in [3.8, 4) is 0 Å². The molecule has 0 unspecified atom stereocenters. The van der Waals surface area contributed by atoms with Crippen molar-refractivity contribution < 1.29 is 14.7 Å². The fraction of sp³-hybridized carbons (Fsp3) is 0.294. The number of aromatic nitrogens is 2. The maximum Gasteiger partial charge on any atom is 0.335 e. The summed E-state index contributed by atoms with van der Waals surface area (Å²) in [5.41, 5.74) is 1.99. The van der Waals surface area contributed by atoms with E-state index in [1.165, 1.54) is 19.2 Å². The van der Waals surface area contributed by atoms with Gasteiger partial charge in [0.2, 0.25) is 0 Å². The van der Waals surface area contributed by atoms with Gasteiger partial charge in [-0.3, -0.25) is 9.59 Å². The predicted molar refractivity (Wildman–Crippen MR) is 88.4 cm³/mol. The summed E-state index contributed by atoms with van der Waals surface area (Å²) in [4.78, 5) is 35.2. The number of benzene rings is 1. The molecular formula is C17H19N3O4. The lowest BCUT2D eigenvalue weighted by Gasteiger charge is -2.10. The highest BCUT2D eigenvalue weighted by molar-refractivity contribution is 5.95. The van der Waals surface area contributed by atoms with Crippen molar-refractivity contribution in [3.63, 3.8) is 0 Å². The number of hydrogen-bond donors (Lipinski definition) is 2. The summed E-state index contributed by atoms with van der Waals surface area (Å²) in [6.45, 7) is 3.79. The number of hydrogen-bond acceptors (Lipinski definition) is 4. The average molecular weight is 329 g/mol. The van der Waals surface area contributed by atoms with E-state index in [-0.39, 0.29) is 11.1 Å². The van der Waals surface area contributed by atoms with E-state index < -0.39 is 17.4 Å². The maximum absolute atomic E-state index is 12.3. The van der Waals surface area contributed by atoms with Gasteiger partial charge in [-0.15, -0.1) is 0 Å². The Morgan fingerprint density at radius 2 is 1.83 bits per heavy atom. The number of nitrogens with one attached hydrogen (secondary N) is 1. The molecule has 2 rings (SSSR count). The van der Waals surface area contributed by atoms with Crippen LogP contribution < -0.4 is 10.9 Å². The molecule has 2 aromatic rings. The molecule has 7 nitrogen and oxygen atoms in total. The lowest BCUT2D eigenvalue weighted by molar-refractivity contribution is 0.0696. The molecular weight excluding hydrogens is 310 g/mol. The standard InChI is InChI=1S/C17H19N3O4/c1-10-11(2)19-20(3)16(22)14(10)15(21)18-9-8-12-4-6-13(7-5-12)17(23)24/h4-7H,8-9H2,1-3H3,(H,18,21)(H,23,24). The van der Waals surface area contributed by atoms with Crippen LogP contribution in [-0.2, 0) is 13.5 Å². The molecule has 1 heterocycles. The monoisotopic (exact) mass is 329 g/mol. The number of carboxylic acid groups (broad SMARTS) is 1. The van der Waals surface area contributed by atoms with Crippen molar-refractivity contribution in [2.75, 3.05) is 6.54 Å². The number of rotatable bonds is 5. The molecule has 126 valence electrons. The molecule has 0 spiro atoms. The number of nitrogens with zero attached hydrogens (tertiary/aromatic N) is 2. The minimum Gasteiger partial charge on any atom is -0.478 e. The molecule has 0 bridgehead atoms. The van der Waals surface area contributed by atoms with Gasteiger partial charge < -0.3 is 10.4 Å². The predicted octanol–water partition coefficient (Wildman–Crippen LogP) is 1.07. The second-order valence-corrected chi connectivity index (χ2v) is 5.52. The fourth-order valence-corrected chi connectivity index (χ4v) is 2.34. The van der Waals surface area contributed by atoms with Crippen molar-refractivity contribution in [3.05, 3.63) is 62.6 Å². The summed E-state index contributed by atoms with van der Waals surface area (Å²) in [6, 6.07) is 6.45. The van der Waals surface area contributed by atoms with E-state index in [9.17, 15) is 14.4 Å². The molecule has 1 aromatic heterocycles. The Labute approximate surface area is 138 Å². The number of aryl methyl sites for hydroxylation is 2. The van der Waals surface area contributed by atoms with Crippen LogP contribution in [0.1, 0.15) is 37.5 Å². The number of carboxylic acids is 1. The molecule has 0 saturated carbocycles. The summed E-state index contributed by atoms with van der Waals surface area (Å²) in [5, 5.41) is 15.6. The first-order chi connectivity index (χ1) is 11.3. The van der Waals surface area contributed by atoms with Gasteiger partial charge in [-0.05, 0) is 43.5 Å². The molecule has 0 atom stereocenters. The zero-order valence-electron chi connectivity index (χ0n) is 13.8. The Bertz CT molecular complexity index is 838. The Hall–Kier alpha value is -2.96. The normalized spacial score (nSPS) is 10.5. The average Bonchev–Trinajstić information content (AvgIpc) is 2.54. The molecule has 7 heteroatoms. The molecule has 2 N–H and O–H groups in total. The second kappa shape index (κ2) is 7.08. The number of amides is 1. The van der Waals surface area contributed by atoms with Crippen molar-refractivity contribution in [2.24, 2.45) is 7.05 Å². The van der Waals surface area contributed by atoms with Gasteiger partial charge in [0.15, 0.2) is 0 Å². The quantitative estimate of drug-likeness (QED) is 0.854. The Morgan fingerprint density at radius 3 is 2.42 bits per heavy atom. The van der Waals surface area contributed by atoms with Gasteiger partial charge in [-0.1, -0.05) is 12.1 Å². The number of aromatic carboxylic acids is 1. The van der Waals surface area contributed by atoms with Crippen LogP contribution in [0.15, 0.2) is 29.1 Å². The third-order valence-electron chi connectivity index (χ3n) is 3.85. The van der Waals surface area contributed by atoms with Crippen molar-refractivity contribution in [2.45, 2.75) is 20.3 Å². The van der Waals surface area contributed by atoms with Crippen LogP contribution in [-0.4, -0.2) is 33.3 Å². The summed E-state index contributed by atoms with van der Waals surface area (Å²) in [5.74, 6) is -1.41. The first-order valence-corrected chi connectivity index (χ1v) is 7.46. The highest BCUT2D eigenvalue weighted by atomic mass is 16.4. The SMILES string of the molecule is Cc1nn(C)c(=O)c(C(=O)NCCc2ccc(C(=O)O)cc2)c1C. The lowest BCUT2D eigenvalue weighted by atomic mass is 10.1. The molecule has 0 radical (unpaired) electrons. The van der Waals surface area contributed by atoms with E-state index in [2.05, 4.69) is 10.4 Å². The first kappa shape index (κ1) is 17.4. The zero-order valence-corrected chi connectivity index (χ0v) is 13.8. The van der Waals surface area contributed by atoms with Gasteiger partial charge >= 0.3 is 5.97 Å². The third-order valence-corrected chi connectivity index (χ3v) is 3.85.